The maximum absolute atomic E-state index is 12.8. The number of amides is 2. The molecule has 0 radical (unpaired) electrons. The third-order valence-electron chi connectivity index (χ3n) is 7.13. The predicted molar refractivity (Wildman–Crippen MR) is 128 cm³/mol. The number of likely N-dealkylation sites (tertiary alicyclic amines) is 1. The number of carbonyl (C=O) groups excluding carboxylic acids is 2. The van der Waals surface area contributed by atoms with E-state index in [0.717, 1.165) is 11.1 Å². The molecule has 1 unspecified atom stereocenters. The molecule has 4 rings (SSSR count). The molecule has 1 saturated heterocycles. The highest BCUT2D eigenvalue weighted by atomic mass is 16.5. The van der Waals surface area contributed by atoms with Gasteiger partial charge in [0.2, 0.25) is 5.91 Å². The summed E-state index contributed by atoms with van der Waals surface area (Å²) in [6, 6.07) is 16.4. The van der Waals surface area contributed by atoms with Crippen LogP contribution in [0.15, 0.2) is 48.5 Å². The average Bonchev–Trinajstić information content (AvgIpc) is 3.34. The Morgan fingerprint density at radius 3 is 2.29 bits per heavy atom. The molecule has 0 spiro atoms. The van der Waals surface area contributed by atoms with Gasteiger partial charge < -0.3 is 20.1 Å². The highest BCUT2D eigenvalue weighted by Gasteiger charge is 2.35. The molecule has 1 aliphatic carbocycles. The summed E-state index contributed by atoms with van der Waals surface area (Å²) in [4.78, 5) is 37.9. The number of nitrogens with one attached hydrogen (secondary N) is 1. The maximum atomic E-state index is 12.8. The SMILES string of the molecule is CC(CCNC(=O)OCC1c2ccccc2-c2ccccc21)C(=O)N1C[C@@H](CC(=O)O)[C@H](C)C1. The number of alkyl carbamates (subject to hydrolysis) is 1. The number of rotatable bonds is 8. The van der Waals surface area contributed by atoms with Gasteiger partial charge in [0.1, 0.15) is 6.61 Å². The van der Waals surface area contributed by atoms with Gasteiger partial charge in [-0.2, -0.15) is 0 Å². The Kier molecular flexibility index (Phi) is 7.20. The molecule has 34 heavy (non-hydrogen) atoms. The zero-order valence-electron chi connectivity index (χ0n) is 19.7. The van der Waals surface area contributed by atoms with Crippen LogP contribution < -0.4 is 5.32 Å². The van der Waals surface area contributed by atoms with Crippen molar-refractivity contribution in [3.63, 3.8) is 0 Å². The highest BCUT2D eigenvalue weighted by Crippen LogP contribution is 2.44. The van der Waals surface area contributed by atoms with Crippen molar-refractivity contribution in [2.24, 2.45) is 17.8 Å². The van der Waals surface area contributed by atoms with Crippen molar-refractivity contribution in [2.75, 3.05) is 26.2 Å². The standard InChI is InChI=1S/C27H32N2O5/c1-17(26(32)29-14-18(2)19(15-29)13-25(30)31)11-12-28-27(33)34-16-24-22-9-5-3-7-20(22)21-8-4-6-10-23(21)24/h3-10,17-19,24H,11-16H2,1-2H3,(H,28,33)(H,30,31)/t17?,18-,19-/m1/s1. The van der Waals surface area contributed by atoms with Crippen LogP contribution in [0, 0.1) is 17.8 Å². The van der Waals surface area contributed by atoms with E-state index < -0.39 is 12.1 Å². The van der Waals surface area contributed by atoms with E-state index in [4.69, 9.17) is 9.84 Å². The van der Waals surface area contributed by atoms with Crippen LogP contribution in [-0.2, 0) is 14.3 Å². The maximum Gasteiger partial charge on any atom is 0.407 e. The van der Waals surface area contributed by atoms with Crippen molar-refractivity contribution >= 4 is 18.0 Å². The van der Waals surface area contributed by atoms with Gasteiger partial charge in [0.25, 0.3) is 0 Å². The summed E-state index contributed by atoms with van der Waals surface area (Å²) in [6.07, 6.45) is 0.0954. The normalized spacial score (nSPS) is 19.9. The fraction of sp³-hybridized carbons (Fsp3) is 0.444. The van der Waals surface area contributed by atoms with Gasteiger partial charge in [-0.05, 0) is 40.5 Å². The zero-order chi connectivity index (χ0) is 24.2. The Hall–Kier alpha value is -3.35. The lowest BCUT2D eigenvalue weighted by molar-refractivity contribution is -0.139. The van der Waals surface area contributed by atoms with Crippen molar-refractivity contribution in [1.82, 2.24) is 10.2 Å². The minimum absolute atomic E-state index is 0.00685. The molecular formula is C27H32N2O5. The number of nitrogens with zero attached hydrogens (tertiary/aromatic N) is 1. The molecule has 7 heteroatoms. The third-order valence-corrected chi connectivity index (χ3v) is 7.13. The van der Waals surface area contributed by atoms with Crippen LogP contribution in [0.5, 0.6) is 0 Å². The number of benzene rings is 2. The molecule has 0 aromatic heterocycles. The Morgan fingerprint density at radius 2 is 1.68 bits per heavy atom. The lowest BCUT2D eigenvalue weighted by atomic mass is 9.95. The summed E-state index contributed by atoms with van der Waals surface area (Å²) in [5.74, 6) is -0.904. The van der Waals surface area contributed by atoms with E-state index in [1.54, 1.807) is 4.90 Å². The van der Waals surface area contributed by atoms with Crippen LogP contribution in [0.2, 0.25) is 0 Å². The molecule has 2 N–H and O–H groups in total. The fourth-order valence-electron chi connectivity index (χ4n) is 5.18. The van der Waals surface area contributed by atoms with Gasteiger partial charge in [0.15, 0.2) is 0 Å². The van der Waals surface area contributed by atoms with Crippen LogP contribution in [0.25, 0.3) is 11.1 Å². The Labute approximate surface area is 200 Å². The van der Waals surface area contributed by atoms with E-state index in [9.17, 15) is 14.4 Å². The Balaban J connectivity index is 1.23. The molecule has 0 saturated carbocycles. The quantitative estimate of drug-likeness (QED) is 0.613. The van der Waals surface area contributed by atoms with Crippen molar-refractivity contribution < 1.29 is 24.2 Å². The van der Waals surface area contributed by atoms with E-state index in [1.165, 1.54) is 11.1 Å². The molecule has 7 nitrogen and oxygen atoms in total. The molecule has 1 aliphatic heterocycles. The Bertz CT molecular complexity index is 1020. The van der Waals surface area contributed by atoms with E-state index >= 15 is 0 Å². The summed E-state index contributed by atoms with van der Waals surface area (Å²) < 4.78 is 5.55. The van der Waals surface area contributed by atoms with E-state index in [1.807, 2.05) is 38.1 Å². The van der Waals surface area contributed by atoms with Gasteiger partial charge in [-0.25, -0.2) is 4.79 Å². The number of aliphatic carboxylic acids is 1. The van der Waals surface area contributed by atoms with Crippen LogP contribution in [0.3, 0.4) is 0 Å². The van der Waals surface area contributed by atoms with Crippen LogP contribution >= 0.6 is 0 Å². The zero-order valence-corrected chi connectivity index (χ0v) is 19.7. The van der Waals surface area contributed by atoms with Crippen molar-refractivity contribution in [2.45, 2.75) is 32.6 Å². The van der Waals surface area contributed by atoms with Crippen molar-refractivity contribution in [3.05, 3.63) is 59.7 Å². The number of hydrogen-bond acceptors (Lipinski definition) is 4. The van der Waals surface area contributed by atoms with Gasteiger partial charge in [0.05, 0.1) is 6.42 Å². The van der Waals surface area contributed by atoms with E-state index in [0.29, 0.717) is 26.1 Å². The number of fused-ring (bicyclic) bond motifs is 3. The first-order valence-corrected chi connectivity index (χ1v) is 11.9. The fourth-order valence-corrected chi connectivity index (χ4v) is 5.18. The average molecular weight is 465 g/mol. The first-order chi connectivity index (χ1) is 16.3. The summed E-state index contributed by atoms with van der Waals surface area (Å²) in [5, 5.41) is 11.8. The lowest BCUT2D eigenvalue weighted by Crippen LogP contribution is -2.36. The van der Waals surface area contributed by atoms with Gasteiger partial charge in [-0.1, -0.05) is 62.4 Å². The van der Waals surface area contributed by atoms with Gasteiger partial charge in [-0.3, -0.25) is 9.59 Å². The minimum atomic E-state index is -0.827. The number of carbonyl (C=O) groups is 3. The first kappa shape index (κ1) is 23.8. The summed E-state index contributed by atoms with van der Waals surface area (Å²) in [5.41, 5.74) is 4.69. The number of carboxylic acids is 1. The molecule has 180 valence electrons. The second-order valence-corrected chi connectivity index (χ2v) is 9.52. The van der Waals surface area contributed by atoms with Crippen molar-refractivity contribution in [1.29, 1.82) is 0 Å². The molecule has 2 amide bonds. The third kappa shape index (κ3) is 5.08. The molecule has 2 aliphatic rings. The summed E-state index contributed by atoms with van der Waals surface area (Å²) in [7, 11) is 0. The van der Waals surface area contributed by atoms with E-state index in [-0.39, 0.29) is 42.6 Å². The van der Waals surface area contributed by atoms with Gasteiger partial charge in [0, 0.05) is 31.5 Å². The second kappa shape index (κ2) is 10.3. The van der Waals surface area contributed by atoms with Gasteiger partial charge >= 0.3 is 12.1 Å². The molecular weight excluding hydrogens is 432 g/mol. The monoisotopic (exact) mass is 464 g/mol. The minimum Gasteiger partial charge on any atom is -0.481 e. The smallest absolute Gasteiger partial charge is 0.407 e. The molecule has 1 heterocycles. The topological polar surface area (TPSA) is 95.9 Å². The molecule has 2 aromatic carbocycles. The Morgan fingerprint density at radius 1 is 1.06 bits per heavy atom. The number of carboxylic acid groups (broad SMARTS) is 1. The predicted octanol–water partition coefficient (Wildman–Crippen LogP) is 4.12. The van der Waals surface area contributed by atoms with Crippen LogP contribution in [0.1, 0.15) is 43.7 Å². The second-order valence-electron chi connectivity index (χ2n) is 9.52. The molecule has 3 atom stereocenters. The first-order valence-electron chi connectivity index (χ1n) is 11.9. The largest absolute Gasteiger partial charge is 0.481 e. The molecule has 2 aromatic rings. The summed E-state index contributed by atoms with van der Waals surface area (Å²) in [6.45, 7) is 5.50. The van der Waals surface area contributed by atoms with Crippen LogP contribution in [0.4, 0.5) is 4.79 Å². The number of ether oxygens (including phenoxy) is 1. The highest BCUT2D eigenvalue weighted by molar-refractivity contribution is 5.80. The number of hydrogen-bond donors (Lipinski definition) is 2. The van der Waals surface area contributed by atoms with Crippen molar-refractivity contribution in [3.8, 4) is 11.1 Å². The summed E-state index contributed by atoms with van der Waals surface area (Å²) >= 11 is 0. The lowest BCUT2D eigenvalue weighted by Gasteiger charge is -2.21. The van der Waals surface area contributed by atoms with Gasteiger partial charge in [-0.15, -0.1) is 0 Å². The molecule has 0 bridgehead atoms. The van der Waals surface area contributed by atoms with E-state index in [2.05, 4.69) is 29.6 Å². The van der Waals surface area contributed by atoms with Crippen LogP contribution in [-0.4, -0.2) is 54.2 Å². The molecule has 1 fully saturated rings.